The van der Waals surface area contributed by atoms with Gasteiger partial charge in [0, 0.05) is 35.8 Å². The quantitative estimate of drug-likeness (QED) is 0.267. The van der Waals surface area contributed by atoms with E-state index in [1.54, 1.807) is 27.7 Å². The van der Waals surface area contributed by atoms with Gasteiger partial charge in [0.25, 0.3) is 5.91 Å². The Morgan fingerprint density at radius 1 is 1.09 bits per heavy atom. The molecule has 11 heteroatoms. The number of anilines is 3. The van der Waals surface area contributed by atoms with E-state index in [0.717, 1.165) is 30.0 Å². The van der Waals surface area contributed by atoms with Gasteiger partial charge >= 0.3 is 6.03 Å². The summed E-state index contributed by atoms with van der Waals surface area (Å²) in [6.45, 7) is 0. The van der Waals surface area contributed by atoms with E-state index in [0.29, 0.717) is 23.1 Å². The van der Waals surface area contributed by atoms with Gasteiger partial charge in [0.15, 0.2) is 5.65 Å². The van der Waals surface area contributed by atoms with Crippen LogP contribution >= 0.6 is 0 Å². The predicted octanol–water partition coefficient (Wildman–Crippen LogP) is 2.41. The van der Waals surface area contributed by atoms with Crippen molar-refractivity contribution in [2.45, 2.75) is 18.9 Å². The van der Waals surface area contributed by atoms with Crippen molar-refractivity contribution in [3.8, 4) is 5.69 Å². The number of carbonyl (C=O) groups excluding carboxylic acids is 2. The van der Waals surface area contributed by atoms with Gasteiger partial charge in [0.2, 0.25) is 0 Å². The Bertz CT molecular complexity index is 1400. The van der Waals surface area contributed by atoms with Crippen molar-refractivity contribution in [2.24, 2.45) is 0 Å². The minimum Gasteiger partial charge on any atom is -0.367 e. The normalized spacial score (nSPS) is 16.8. The first-order valence-corrected chi connectivity index (χ1v) is 10.5. The molecule has 2 fully saturated rings. The highest BCUT2D eigenvalue weighted by Gasteiger charge is 2.25. The molecule has 1 aliphatic heterocycles. The van der Waals surface area contributed by atoms with Gasteiger partial charge in [-0.1, -0.05) is 0 Å². The molecule has 11 nitrogen and oxygen atoms in total. The van der Waals surface area contributed by atoms with E-state index in [1.165, 1.54) is 0 Å². The number of urea groups is 1. The molecule has 0 spiro atoms. The van der Waals surface area contributed by atoms with E-state index >= 15 is 0 Å². The summed E-state index contributed by atoms with van der Waals surface area (Å²) >= 11 is 0. The highest BCUT2D eigenvalue weighted by molar-refractivity contribution is 6.14. The van der Waals surface area contributed by atoms with Crippen LogP contribution in [0.5, 0.6) is 0 Å². The van der Waals surface area contributed by atoms with Gasteiger partial charge in [-0.25, -0.2) is 14.5 Å². The number of nitrogens with zero attached hydrogens (tertiary/aromatic N) is 5. The monoisotopic (exact) mass is 441 g/mol. The first-order chi connectivity index (χ1) is 16.1. The van der Waals surface area contributed by atoms with Crippen molar-refractivity contribution >= 4 is 41.0 Å². The van der Waals surface area contributed by atoms with Gasteiger partial charge in [0.05, 0.1) is 11.9 Å². The van der Waals surface area contributed by atoms with Crippen LogP contribution in [-0.2, 0) is 4.79 Å². The molecule has 4 heterocycles. The van der Waals surface area contributed by atoms with Crippen molar-refractivity contribution in [1.82, 2.24) is 35.0 Å². The summed E-state index contributed by atoms with van der Waals surface area (Å²) in [4.78, 5) is 28.1. The molecule has 1 aliphatic carbocycles. The molecule has 6 rings (SSSR count). The van der Waals surface area contributed by atoms with E-state index < -0.39 is 11.9 Å². The number of imide groups is 1. The van der Waals surface area contributed by atoms with Gasteiger partial charge < -0.3 is 16.0 Å². The third-order valence-corrected chi connectivity index (χ3v) is 5.36. The second-order valence-corrected chi connectivity index (χ2v) is 7.87. The van der Waals surface area contributed by atoms with Crippen LogP contribution in [0.4, 0.5) is 22.1 Å². The number of aromatic nitrogens is 5. The van der Waals surface area contributed by atoms with Crippen LogP contribution in [0.1, 0.15) is 18.4 Å². The number of benzene rings is 1. The summed E-state index contributed by atoms with van der Waals surface area (Å²) in [5, 5.41) is 20.2. The minimum atomic E-state index is -0.548. The van der Waals surface area contributed by atoms with E-state index in [9.17, 15) is 9.59 Å². The standard InChI is InChI=1S/C22H19N9O2/c32-21-17(27-22(33)29-21)10-13-12-24-31-19(26-15-2-3-15)11-18(28-20(13)31)25-14-4-6-16(7-5-14)30-9-1-8-23-30/h1,4-12,15,26H,2-3H2,(H,25,28)(H2,27,29,32,33)/b17-10+. The SMILES string of the molecule is O=C1NC(=O)/C(=C\c2cnn3c(NC4CC4)cc(Nc4ccc(-n5cccn5)cc4)nc23)N1. The van der Waals surface area contributed by atoms with Crippen LogP contribution in [0.3, 0.4) is 0 Å². The number of hydrogen-bond acceptors (Lipinski definition) is 7. The zero-order valence-electron chi connectivity index (χ0n) is 17.3. The lowest BCUT2D eigenvalue weighted by Gasteiger charge is -2.12. The van der Waals surface area contributed by atoms with E-state index in [-0.39, 0.29) is 5.70 Å². The predicted molar refractivity (Wildman–Crippen MR) is 121 cm³/mol. The third-order valence-electron chi connectivity index (χ3n) is 5.36. The Labute approximate surface area is 187 Å². The third kappa shape index (κ3) is 3.76. The van der Waals surface area contributed by atoms with Crippen molar-refractivity contribution in [3.05, 3.63) is 66.2 Å². The molecule has 4 aromatic rings. The molecule has 3 aromatic heterocycles. The fraction of sp³-hybridized carbons (Fsp3) is 0.136. The highest BCUT2D eigenvalue weighted by Crippen LogP contribution is 2.28. The average molecular weight is 441 g/mol. The first kappa shape index (κ1) is 19.0. The summed E-state index contributed by atoms with van der Waals surface area (Å²) in [5.74, 6) is 0.933. The van der Waals surface area contributed by atoms with Crippen molar-refractivity contribution in [1.29, 1.82) is 0 Å². The van der Waals surface area contributed by atoms with Crippen LogP contribution in [0.2, 0.25) is 0 Å². The van der Waals surface area contributed by atoms with Crippen LogP contribution in [0.15, 0.2) is 60.7 Å². The topological polar surface area (TPSA) is 130 Å². The van der Waals surface area contributed by atoms with Crippen LogP contribution < -0.4 is 21.3 Å². The molecular formula is C22H19N9O2. The van der Waals surface area contributed by atoms with Gasteiger partial charge in [-0.3, -0.25) is 10.1 Å². The van der Waals surface area contributed by atoms with Gasteiger partial charge in [-0.2, -0.15) is 14.7 Å². The number of carbonyl (C=O) groups is 2. The first-order valence-electron chi connectivity index (χ1n) is 10.5. The zero-order valence-corrected chi connectivity index (χ0v) is 17.3. The largest absolute Gasteiger partial charge is 0.367 e. The number of fused-ring (bicyclic) bond motifs is 1. The van der Waals surface area contributed by atoms with Crippen molar-refractivity contribution in [3.63, 3.8) is 0 Å². The highest BCUT2D eigenvalue weighted by atomic mass is 16.2. The number of amides is 3. The van der Waals surface area contributed by atoms with Crippen LogP contribution in [-0.4, -0.2) is 42.4 Å². The summed E-state index contributed by atoms with van der Waals surface area (Å²) in [7, 11) is 0. The summed E-state index contributed by atoms with van der Waals surface area (Å²) < 4.78 is 3.49. The Kier molecular flexibility index (Phi) is 4.32. The molecule has 0 atom stereocenters. The second kappa shape index (κ2) is 7.48. The maximum atomic E-state index is 11.9. The zero-order chi connectivity index (χ0) is 22.4. The average Bonchev–Trinajstić information content (AvgIpc) is 3.17. The van der Waals surface area contributed by atoms with Gasteiger partial charge in [-0.05, 0) is 49.2 Å². The van der Waals surface area contributed by atoms with Crippen LogP contribution in [0, 0.1) is 0 Å². The van der Waals surface area contributed by atoms with Gasteiger partial charge in [0.1, 0.15) is 17.3 Å². The smallest absolute Gasteiger partial charge is 0.326 e. The summed E-state index contributed by atoms with van der Waals surface area (Å²) in [5.41, 5.74) is 3.13. The number of hydrogen-bond donors (Lipinski definition) is 4. The molecule has 164 valence electrons. The molecule has 2 aliphatic rings. The lowest BCUT2D eigenvalue weighted by molar-refractivity contribution is -0.115. The molecule has 1 saturated heterocycles. The van der Waals surface area contributed by atoms with E-state index in [4.69, 9.17) is 4.98 Å². The molecule has 3 amide bonds. The molecule has 0 radical (unpaired) electrons. The van der Waals surface area contributed by atoms with Crippen LogP contribution in [0.25, 0.3) is 17.4 Å². The number of nitrogens with one attached hydrogen (secondary N) is 4. The van der Waals surface area contributed by atoms with Gasteiger partial charge in [-0.15, -0.1) is 0 Å². The maximum absolute atomic E-state index is 11.9. The van der Waals surface area contributed by atoms with E-state index in [1.807, 2.05) is 42.6 Å². The molecule has 0 bridgehead atoms. The summed E-state index contributed by atoms with van der Waals surface area (Å²) in [6, 6.07) is 11.5. The van der Waals surface area contributed by atoms with Crippen molar-refractivity contribution in [2.75, 3.05) is 10.6 Å². The molecular weight excluding hydrogens is 422 g/mol. The van der Waals surface area contributed by atoms with E-state index in [2.05, 4.69) is 31.5 Å². The molecule has 4 N–H and O–H groups in total. The van der Waals surface area contributed by atoms with Crippen molar-refractivity contribution < 1.29 is 9.59 Å². The fourth-order valence-corrected chi connectivity index (χ4v) is 3.59. The Morgan fingerprint density at radius 3 is 2.64 bits per heavy atom. The fourth-order valence-electron chi connectivity index (χ4n) is 3.59. The maximum Gasteiger partial charge on any atom is 0.326 e. The Balaban J connectivity index is 1.35. The number of rotatable bonds is 6. The molecule has 1 aromatic carbocycles. The lowest BCUT2D eigenvalue weighted by Crippen LogP contribution is -2.22. The Morgan fingerprint density at radius 2 is 1.94 bits per heavy atom. The second-order valence-electron chi connectivity index (χ2n) is 7.87. The minimum absolute atomic E-state index is 0.154. The molecule has 0 unspecified atom stereocenters. The molecule has 1 saturated carbocycles. The lowest BCUT2D eigenvalue weighted by atomic mass is 10.2. The Hall–Kier alpha value is -4.67. The summed E-state index contributed by atoms with van der Waals surface area (Å²) in [6.07, 6.45) is 9.01. The molecule has 33 heavy (non-hydrogen) atoms.